The molecule has 0 aliphatic rings. The Morgan fingerprint density at radius 3 is 2.86 bits per heavy atom. The molecular formula is C12H8O2. The average molecular weight is 184 g/mol. The lowest BCUT2D eigenvalue weighted by Crippen LogP contribution is -1.99. The molecule has 1 aromatic carbocycles. The fourth-order valence-corrected chi connectivity index (χ4v) is 1.32. The molecule has 2 rings (SSSR count). The van der Waals surface area contributed by atoms with Gasteiger partial charge < -0.3 is 4.42 Å². The van der Waals surface area contributed by atoms with Crippen molar-refractivity contribution in [1.82, 2.24) is 0 Å². The van der Waals surface area contributed by atoms with E-state index in [9.17, 15) is 4.79 Å². The quantitative estimate of drug-likeness (QED) is 0.587. The van der Waals surface area contributed by atoms with Crippen LogP contribution in [0.2, 0.25) is 0 Å². The second kappa shape index (κ2) is 3.39. The summed E-state index contributed by atoms with van der Waals surface area (Å²) in [5, 5.41) is 1.45. The van der Waals surface area contributed by atoms with Crippen LogP contribution >= 0.6 is 0 Å². The molecule has 68 valence electrons. The first-order valence-corrected chi connectivity index (χ1v) is 4.27. The van der Waals surface area contributed by atoms with Crippen molar-refractivity contribution in [2.75, 3.05) is 0 Å². The molecule has 0 aliphatic carbocycles. The third-order valence-electron chi connectivity index (χ3n) is 1.92. The van der Waals surface area contributed by atoms with Gasteiger partial charge in [0.15, 0.2) is 5.76 Å². The number of hydrogen-bond donors (Lipinski definition) is 0. The summed E-state index contributed by atoms with van der Waals surface area (Å²) in [4.78, 5) is 11.4. The smallest absolute Gasteiger partial charge is 0.344 e. The van der Waals surface area contributed by atoms with Gasteiger partial charge >= 0.3 is 5.63 Å². The molecule has 0 atom stereocenters. The van der Waals surface area contributed by atoms with Crippen LogP contribution in [0.5, 0.6) is 0 Å². The lowest BCUT2D eigenvalue weighted by Gasteiger charge is -1.95. The van der Waals surface area contributed by atoms with Crippen molar-refractivity contribution in [3.63, 3.8) is 0 Å². The maximum Gasteiger partial charge on any atom is 0.344 e. The third kappa shape index (κ3) is 1.40. The molecule has 0 saturated carbocycles. The van der Waals surface area contributed by atoms with Crippen LogP contribution in [0.25, 0.3) is 10.8 Å². The summed E-state index contributed by atoms with van der Waals surface area (Å²) in [5.74, 6) is 5.83. The maximum atomic E-state index is 11.4. The van der Waals surface area contributed by atoms with E-state index in [0.717, 1.165) is 5.39 Å². The first-order chi connectivity index (χ1) is 6.81. The topological polar surface area (TPSA) is 30.2 Å². The van der Waals surface area contributed by atoms with Gasteiger partial charge in [-0.05, 0) is 30.4 Å². The van der Waals surface area contributed by atoms with Crippen LogP contribution in [0.4, 0.5) is 0 Å². The first-order valence-electron chi connectivity index (χ1n) is 4.27. The number of hydrogen-bond acceptors (Lipinski definition) is 2. The van der Waals surface area contributed by atoms with Crippen LogP contribution in [0.15, 0.2) is 39.5 Å². The lowest BCUT2D eigenvalue weighted by atomic mass is 10.2. The Kier molecular flexibility index (Phi) is 2.08. The second-order valence-corrected chi connectivity index (χ2v) is 2.86. The summed E-state index contributed by atoms with van der Waals surface area (Å²) in [6.07, 6.45) is 0. The summed E-state index contributed by atoms with van der Waals surface area (Å²) in [6, 6.07) is 9.07. The standard InChI is InChI=1S/C12H8O2/c1-2-5-10-8-9-6-3-4-7-11(9)12(13)14-10/h3-4,6-8H,1H3. The third-order valence-corrected chi connectivity index (χ3v) is 1.92. The summed E-state index contributed by atoms with van der Waals surface area (Å²) in [6.45, 7) is 1.70. The Morgan fingerprint density at radius 1 is 1.29 bits per heavy atom. The minimum Gasteiger partial charge on any atom is -0.414 e. The fraction of sp³-hybridized carbons (Fsp3) is 0.0833. The zero-order valence-electron chi connectivity index (χ0n) is 7.70. The molecule has 1 aromatic heterocycles. The molecule has 0 saturated heterocycles. The SMILES string of the molecule is CC#Cc1cc2ccccc2c(=O)o1. The molecule has 2 heteroatoms. The summed E-state index contributed by atoms with van der Waals surface area (Å²) < 4.78 is 5.00. The molecule has 0 fully saturated rings. The molecule has 0 amide bonds. The van der Waals surface area contributed by atoms with Gasteiger partial charge in [-0.2, -0.15) is 0 Å². The summed E-state index contributed by atoms with van der Waals surface area (Å²) in [7, 11) is 0. The normalized spacial score (nSPS) is 9.50. The van der Waals surface area contributed by atoms with E-state index < -0.39 is 0 Å². The van der Waals surface area contributed by atoms with Crippen molar-refractivity contribution in [2.45, 2.75) is 6.92 Å². The number of benzene rings is 1. The van der Waals surface area contributed by atoms with Gasteiger partial charge in [0.25, 0.3) is 0 Å². The Labute approximate surface area is 81.2 Å². The van der Waals surface area contributed by atoms with Crippen LogP contribution in [-0.2, 0) is 0 Å². The van der Waals surface area contributed by atoms with E-state index in [0.29, 0.717) is 11.1 Å². The Morgan fingerprint density at radius 2 is 2.07 bits per heavy atom. The van der Waals surface area contributed by atoms with Gasteiger partial charge in [0.05, 0.1) is 5.39 Å². The molecule has 2 nitrogen and oxygen atoms in total. The second-order valence-electron chi connectivity index (χ2n) is 2.86. The average Bonchev–Trinajstić information content (AvgIpc) is 2.18. The molecule has 1 heterocycles. The highest BCUT2D eigenvalue weighted by Crippen LogP contribution is 2.10. The molecule has 0 spiro atoms. The van der Waals surface area contributed by atoms with Gasteiger partial charge in [-0.3, -0.25) is 0 Å². The number of rotatable bonds is 0. The zero-order valence-corrected chi connectivity index (χ0v) is 7.70. The van der Waals surface area contributed by atoms with Crippen molar-refractivity contribution in [3.8, 4) is 11.8 Å². The van der Waals surface area contributed by atoms with E-state index in [-0.39, 0.29) is 5.63 Å². The van der Waals surface area contributed by atoms with Gasteiger partial charge in [0.2, 0.25) is 0 Å². The highest BCUT2D eigenvalue weighted by atomic mass is 16.4. The summed E-state index contributed by atoms with van der Waals surface area (Å²) in [5.41, 5.74) is -0.333. The van der Waals surface area contributed by atoms with E-state index in [2.05, 4.69) is 11.8 Å². The molecule has 0 N–H and O–H groups in total. The van der Waals surface area contributed by atoms with E-state index in [4.69, 9.17) is 4.42 Å². The van der Waals surface area contributed by atoms with Gasteiger partial charge in [-0.15, -0.1) is 0 Å². The van der Waals surface area contributed by atoms with Gasteiger partial charge in [-0.25, -0.2) is 4.79 Å². The summed E-state index contributed by atoms with van der Waals surface area (Å²) >= 11 is 0. The van der Waals surface area contributed by atoms with Crippen molar-refractivity contribution >= 4 is 10.8 Å². The monoisotopic (exact) mass is 184 g/mol. The molecule has 2 aromatic rings. The van der Waals surface area contributed by atoms with Crippen molar-refractivity contribution in [1.29, 1.82) is 0 Å². The molecular weight excluding hydrogens is 176 g/mol. The first kappa shape index (κ1) is 8.58. The van der Waals surface area contributed by atoms with Crippen molar-refractivity contribution in [3.05, 3.63) is 46.5 Å². The zero-order chi connectivity index (χ0) is 9.97. The molecule has 0 bridgehead atoms. The van der Waals surface area contributed by atoms with Crippen molar-refractivity contribution in [2.24, 2.45) is 0 Å². The number of fused-ring (bicyclic) bond motifs is 1. The van der Waals surface area contributed by atoms with Crippen molar-refractivity contribution < 1.29 is 4.42 Å². The minimum absolute atomic E-state index is 0.333. The molecule has 0 unspecified atom stereocenters. The van der Waals surface area contributed by atoms with Crippen LogP contribution in [0.3, 0.4) is 0 Å². The van der Waals surface area contributed by atoms with E-state index in [1.54, 1.807) is 19.1 Å². The predicted molar refractivity (Wildman–Crippen MR) is 55.0 cm³/mol. The van der Waals surface area contributed by atoms with Crippen LogP contribution in [0, 0.1) is 11.8 Å². The molecule has 14 heavy (non-hydrogen) atoms. The highest BCUT2D eigenvalue weighted by molar-refractivity contribution is 5.81. The highest BCUT2D eigenvalue weighted by Gasteiger charge is 2.00. The van der Waals surface area contributed by atoms with E-state index in [1.807, 2.05) is 18.2 Å². The van der Waals surface area contributed by atoms with Gasteiger partial charge in [-0.1, -0.05) is 24.1 Å². The maximum absolute atomic E-state index is 11.4. The predicted octanol–water partition coefficient (Wildman–Crippen LogP) is 2.16. The van der Waals surface area contributed by atoms with E-state index in [1.165, 1.54) is 0 Å². The molecule has 0 radical (unpaired) electrons. The Balaban J connectivity index is 2.83. The van der Waals surface area contributed by atoms with Gasteiger partial charge in [0, 0.05) is 0 Å². The largest absolute Gasteiger partial charge is 0.414 e. The minimum atomic E-state index is -0.333. The van der Waals surface area contributed by atoms with Crippen LogP contribution in [0.1, 0.15) is 12.7 Å². The van der Waals surface area contributed by atoms with E-state index >= 15 is 0 Å². The van der Waals surface area contributed by atoms with Crippen LogP contribution < -0.4 is 5.63 Å². The van der Waals surface area contributed by atoms with Crippen LogP contribution in [-0.4, -0.2) is 0 Å². The van der Waals surface area contributed by atoms with Gasteiger partial charge in [0.1, 0.15) is 0 Å². The fourth-order valence-electron chi connectivity index (χ4n) is 1.32. The Bertz CT molecular complexity index is 582. The molecule has 0 aliphatic heterocycles. The Hall–Kier alpha value is -2.01. The lowest BCUT2D eigenvalue weighted by molar-refractivity contribution is 0.507.